The topological polar surface area (TPSA) is 178 Å². The molecule has 0 saturated carbocycles. The zero-order chi connectivity index (χ0) is 44.3. The van der Waals surface area contributed by atoms with Crippen molar-refractivity contribution in [2.24, 2.45) is 20.5 Å². The van der Waals surface area contributed by atoms with Gasteiger partial charge in [-0.1, -0.05) is 102 Å². The summed E-state index contributed by atoms with van der Waals surface area (Å²) in [5.41, 5.74) is 5.28. The molecule has 0 aliphatic carbocycles. The number of carbonyl (C=O) groups excluding carboxylic acids is 2. The van der Waals surface area contributed by atoms with Crippen LogP contribution in [0.5, 0.6) is 11.5 Å². The number of benzene rings is 4. The molecular formula is C48H61N4NaO9S. The second-order valence-electron chi connectivity index (χ2n) is 15.0. The first kappa shape index (κ1) is 52.9. The maximum absolute atomic E-state index is 12.5. The van der Waals surface area contributed by atoms with Crippen molar-refractivity contribution >= 4 is 44.8 Å². The Morgan fingerprint density at radius 3 is 1.24 bits per heavy atom. The molecule has 0 aliphatic rings. The molecule has 63 heavy (non-hydrogen) atoms. The van der Waals surface area contributed by atoms with Crippen LogP contribution in [0.2, 0.25) is 0 Å². The van der Waals surface area contributed by atoms with Gasteiger partial charge in [-0.2, -0.15) is 20.5 Å². The zero-order valence-corrected chi connectivity index (χ0v) is 39.9. The van der Waals surface area contributed by atoms with Crippen LogP contribution in [0.15, 0.2) is 118 Å². The van der Waals surface area contributed by atoms with Gasteiger partial charge >= 0.3 is 41.5 Å². The molecule has 4 rings (SSSR count). The number of nitrogens with zero attached hydrogens (tertiary/aromatic N) is 4. The molecule has 13 nitrogen and oxygen atoms in total. The third-order valence-corrected chi connectivity index (χ3v) is 11.0. The molecule has 0 N–H and O–H groups in total. The molecular weight excluding hydrogens is 832 g/mol. The molecule has 0 heterocycles. The second-order valence-corrected chi connectivity index (χ2v) is 16.6. The second kappa shape index (κ2) is 30.6. The Kier molecular flexibility index (Phi) is 25.7. The minimum absolute atomic E-state index is 0. The fraction of sp³-hybridized carbons (Fsp3) is 0.458. The summed E-state index contributed by atoms with van der Waals surface area (Å²) in [7, 11) is -5.23. The van der Waals surface area contributed by atoms with Gasteiger partial charge in [-0.25, -0.2) is 8.42 Å². The summed E-state index contributed by atoms with van der Waals surface area (Å²) in [4.78, 5) is 24.9. The van der Waals surface area contributed by atoms with Crippen molar-refractivity contribution < 1.29 is 71.1 Å². The zero-order valence-electron chi connectivity index (χ0n) is 37.1. The molecule has 4 aromatic carbocycles. The van der Waals surface area contributed by atoms with E-state index in [2.05, 4.69) is 58.6 Å². The number of ether oxygens (including phenoxy) is 4. The molecule has 1 atom stereocenters. The van der Waals surface area contributed by atoms with E-state index in [0.29, 0.717) is 22.9 Å². The number of esters is 2. The predicted octanol–water partition coefficient (Wildman–Crippen LogP) is 9.18. The molecule has 0 amide bonds. The monoisotopic (exact) mass is 892 g/mol. The first-order valence-corrected chi connectivity index (χ1v) is 23.3. The van der Waals surface area contributed by atoms with Crippen LogP contribution < -0.4 is 39.0 Å². The first-order valence-electron chi connectivity index (χ1n) is 21.9. The SMILES string of the molecule is CCCCCCCCc1ccc(N=Nc2ccc(OCCOC(=O)CC(C(=O)OCCOc3ccc(N=Nc4ccc(CCCCCCCC)cc4)cc3)S(=O)(=O)[O-])cc2)cc1.[Na+]. The maximum atomic E-state index is 12.5. The van der Waals surface area contributed by atoms with E-state index >= 15 is 0 Å². The van der Waals surface area contributed by atoms with E-state index in [-0.39, 0.29) is 56.0 Å². The molecule has 4 aromatic rings. The predicted molar refractivity (Wildman–Crippen MR) is 239 cm³/mol. The minimum Gasteiger partial charge on any atom is -0.747 e. The summed E-state index contributed by atoms with van der Waals surface area (Å²) in [6, 6.07) is 29.7. The summed E-state index contributed by atoms with van der Waals surface area (Å²) in [5.74, 6) is -1.54. The van der Waals surface area contributed by atoms with Crippen LogP contribution in [0.4, 0.5) is 22.7 Å². The summed E-state index contributed by atoms with van der Waals surface area (Å²) < 4.78 is 56.6. The summed E-state index contributed by atoms with van der Waals surface area (Å²) in [6.07, 6.45) is 16.3. The van der Waals surface area contributed by atoms with Crippen LogP contribution in [0.3, 0.4) is 0 Å². The third-order valence-electron chi connectivity index (χ3n) is 9.92. The third kappa shape index (κ3) is 22.1. The van der Waals surface area contributed by atoms with Crippen LogP contribution >= 0.6 is 0 Å². The van der Waals surface area contributed by atoms with Crippen molar-refractivity contribution in [3.8, 4) is 11.5 Å². The van der Waals surface area contributed by atoms with E-state index < -0.39 is 33.7 Å². The maximum Gasteiger partial charge on any atom is 1.00 e. The fourth-order valence-corrected chi connectivity index (χ4v) is 6.99. The van der Waals surface area contributed by atoms with Gasteiger partial charge in [-0.15, -0.1) is 0 Å². The first-order chi connectivity index (χ1) is 30.1. The largest absolute Gasteiger partial charge is 1.00 e. The average molecular weight is 893 g/mol. The molecule has 0 radical (unpaired) electrons. The molecule has 0 aliphatic heterocycles. The Balaban J connectivity index is 0.0000106. The molecule has 1 unspecified atom stereocenters. The van der Waals surface area contributed by atoms with E-state index in [4.69, 9.17) is 18.9 Å². The van der Waals surface area contributed by atoms with E-state index in [1.807, 2.05) is 24.3 Å². The normalized spacial score (nSPS) is 11.9. The number of rotatable bonds is 30. The van der Waals surface area contributed by atoms with Crippen molar-refractivity contribution in [2.45, 2.75) is 115 Å². The van der Waals surface area contributed by atoms with Crippen LogP contribution in [0, 0.1) is 0 Å². The molecule has 334 valence electrons. The van der Waals surface area contributed by atoms with Gasteiger partial charge in [-0.3, -0.25) is 9.59 Å². The van der Waals surface area contributed by atoms with Crippen LogP contribution in [0.1, 0.15) is 108 Å². The molecule has 0 saturated heterocycles. The number of carbonyl (C=O) groups is 2. The fourth-order valence-electron chi connectivity index (χ4n) is 6.35. The van der Waals surface area contributed by atoms with Crippen LogP contribution in [0.25, 0.3) is 0 Å². The van der Waals surface area contributed by atoms with Gasteiger partial charge < -0.3 is 23.5 Å². The Labute approximate surface area is 395 Å². The smallest absolute Gasteiger partial charge is 0.747 e. The van der Waals surface area contributed by atoms with E-state index in [9.17, 15) is 22.6 Å². The average Bonchev–Trinajstić information content (AvgIpc) is 3.28. The molecule has 0 aromatic heterocycles. The van der Waals surface area contributed by atoms with Gasteiger partial charge in [-0.05, 0) is 110 Å². The van der Waals surface area contributed by atoms with Crippen molar-refractivity contribution in [1.82, 2.24) is 0 Å². The Morgan fingerprint density at radius 2 is 0.857 bits per heavy atom. The van der Waals surface area contributed by atoms with Crippen LogP contribution in [-0.4, -0.2) is 56.6 Å². The van der Waals surface area contributed by atoms with E-state index in [1.54, 1.807) is 48.5 Å². The van der Waals surface area contributed by atoms with Gasteiger partial charge in [0.2, 0.25) is 0 Å². The minimum atomic E-state index is -5.23. The van der Waals surface area contributed by atoms with Crippen molar-refractivity contribution in [1.29, 1.82) is 0 Å². The van der Waals surface area contributed by atoms with Crippen molar-refractivity contribution in [3.63, 3.8) is 0 Å². The molecule has 0 fully saturated rings. The van der Waals surface area contributed by atoms with Gasteiger partial charge in [0, 0.05) is 0 Å². The van der Waals surface area contributed by atoms with E-state index in [1.165, 1.54) is 88.2 Å². The number of hydrogen-bond donors (Lipinski definition) is 0. The van der Waals surface area contributed by atoms with Crippen LogP contribution in [-0.2, 0) is 42.0 Å². The summed E-state index contributed by atoms with van der Waals surface area (Å²) in [6.45, 7) is 3.63. The van der Waals surface area contributed by atoms with Gasteiger partial charge in [0.1, 0.15) is 48.0 Å². The van der Waals surface area contributed by atoms with Gasteiger partial charge in [0.25, 0.3) is 0 Å². The van der Waals surface area contributed by atoms with E-state index in [0.717, 1.165) is 24.2 Å². The van der Waals surface area contributed by atoms with Gasteiger partial charge in [0.15, 0.2) is 5.25 Å². The molecule has 0 bridgehead atoms. The molecule has 0 spiro atoms. The van der Waals surface area contributed by atoms with Crippen molar-refractivity contribution in [2.75, 3.05) is 26.4 Å². The Hall–Kier alpha value is -4.47. The van der Waals surface area contributed by atoms with Gasteiger partial charge in [0.05, 0.1) is 29.2 Å². The summed E-state index contributed by atoms with van der Waals surface area (Å²) >= 11 is 0. The molecule has 15 heteroatoms. The summed E-state index contributed by atoms with van der Waals surface area (Å²) in [5, 5.41) is 14.9. The Bertz CT molecular complexity index is 2070. The Morgan fingerprint density at radius 1 is 0.508 bits per heavy atom. The number of azo groups is 2. The standard InChI is InChI=1S/C48H62N4O9S.Na/c1-3-5-7-9-11-13-15-38-17-21-40(22-18-38)49-51-42-25-29-44(30-26-42)58-33-35-60-47(53)37-46(62(55,56)57)48(54)61-36-34-59-45-31-27-43(28-32-45)52-50-41-23-19-39(20-24-41)16-14-12-10-8-6-4-2;/h17-32,46H,3-16,33-37H2,1-2H3,(H,55,56,57);/q;+1/p-1. The quantitative estimate of drug-likeness (QED) is 0.0162. The van der Waals surface area contributed by atoms with Crippen molar-refractivity contribution in [3.05, 3.63) is 108 Å². The number of aryl methyl sites for hydroxylation is 2. The number of hydrogen-bond acceptors (Lipinski definition) is 13. The number of unbranched alkanes of at least 4 members (excludes halogenated alkanes) is 10.